The predicted octanol–water partition coefficient (Wildman–Crippen LogP) is 6.66. The molecule has 0 aliphatic heterocycles. The molecule has 1 amide bonds. The summed E-state index contributed by atoms with van der Waals surface area (Å²) in [7, 11) is -3.64. The van der Waals surface area contributed by atoms with Crippen LogP contribution in [0.1, 0.15) is 69.5 Å². The molecule has 0 saturated heterocycles. The summed E-state index contributed by atoms with van der Waals surface area (Å²) in [5, 5.41) is 2.24. The summed E-state index contributed by atoms with van der Waals surface area (Å²) in [6.07, 6.45) is 5.65. The second kappa shape index (κ2) is 13.6. The molecule has 0 fully saturated rings. The van der Waals surface area contributed by atoms with Gasteiger partial charge in [-0.15, -0.1) is 0 Å². The molecule has 1 N–H and O–H groups in total. The van der Waals surface area contributed by atoms with Crippen molar-refractivity contribution in [3.8, 4) is 11.3 Å². The Morgan fingerprint density at radius 2 is 1.56 bits per heavy atom. The van der Waals surface area contributed by atoms with E-state index in [0.717, 1.165) is 71.2 Å². The van der Waals surface area contributed by atoms with Crippen LogP contribution in [-0.4, -0.2) is 29.6 Å². The number of carbonyl (C=O) groups is 1. The predicted molar refractivity (Wildman–Crippen MR) is 159 cm³/mol. The molecule has 0 spiro atoms. The lowest BCUT2D eigenvalue weighted by molar-refractivity contribution is -0.119. The minimum atomic E-state index is -3.64. The molecule has 6 nitrogen and oxygen atoms in total. The maximum atomic E-state index is 12.9. The highest BCUT2D eigenvalue weighted by Gasteiger charge is 2.22. The number of hydrogen-bond donors (Lipinski definition) is 1. The molecule has 206 valence electrons. The Kier molecular flexibility index (Phi) is 9.93. The van der Waals surface area contributed by atoms with Gasteiger partial charge in [0.1, 0.15) is 5.82 Å². The molecular weight excluding hydrogens is 506 g/mol. The molecule has 4 rings (SSSR count). The number of aryl methyl sites for hydroxylation is 1. The van der Waals surface area contributed by atoms with Gasteiger partial charge in [0.2, 0.25) is 15.9 Å². The Morgan fingerprint density at radius 1 is 0.846 bits per heavy atom. The van der Waals surface area contributed by atoms with Crippen LogP contribution < -0.4 is 4.72 Å². The van der Waals surface area contributed by atoms with Crippen molar-refractivity contribution < 1.29 is 13.2 Å². The lowest BCUT2D eigenvalue weighted by Gasteiger charge is -2.14. The second-order valence-corrected chi connectivity index (χ2v) is 11.9. The number of rotatable bonds is 14. The third-order valence-electron chi connectivity index (χ3n) is 7.01. The minimum absolute atomic E-state index is 0.0268. The van der Waals surface area contributed by atoms with Gasteiger partial charge in [-0.3, -0.25) is 9.52 Å². The van der Waals surface area contributed by atoms with Crippen molar-refractivity contribution in [1.82, 2.24) is 14.3 Å². The summed E-state index contributed by atoms with van der Waals surface area (Å²) in [6.45, 7) is 4.83. The van der Waals surface area contributed by atoms with Gasteiger partial charge in [-0.1, -0.05) is 106 Å². The van der Waals surface area contributed by atoms with Crippen molar-refractivity contribution in [2.45, 2.75) is 71.8 Å². The first-order chi connectivity index (χ1) is 18.9. The third-order valence-corrected chi connectivity index (χ3v) is 8.37. The molecule has 3 aromatic carbocycles. The van der Waals surface area contributed by atoms with E-state index in [2.05, 4.69) is 52.6 Å². The monoisotopic (exact) mass is 545 g/mol. The zero-order valence-electron chi connectivity index (χ0n) is 23.0. The van der Waals surface area contributed by atoms with E-state index in [1.807, 2.05) is 43.3 Å². The van der Waals surface area contributed by atoms with E-state index in [1.54, 1.807) is 0 Å². The first kappa shape index (κ1) is 28.6. The van der Waals surface area contributed by atoms with Crippen molar-refractivity contribution in [2.75, 3.05) is 5.75 Å². The van der Waals surface area contributed by atoms with E-state index in [0.29, 0.717) is 19.4 Å². The summed E-state index contributed by atoms with van der Waals surface area (Å²) in [6, 6.07) is 24.7. The first-order valence-corrected chi connectivity index (χ1v) is 15.7. The van der Waals surface area contributed by atoms with Crippen LogP contribution in [0.15, 0.2) is 72.8 Å². The molecule has 1 heterocycles. The molecule has 0 radical (unpaired) electrons. The van der Waals surface area contributed by atoms with Crippen molar-refractivity contribution >= 4 is 26.7 Å². The number of sulfonamides is 1. The molecule has 0 unspecified atom stereocenters. The Labute approximate surface area is 232 Å². The zero-order valence-corrected chi connectivity index (χ0v) is 23.8. The van der Waals surface area contributed by atoms with Crippen LogP contribution in [0.5, 0.6) is 0 Å². The number of benzene rings is 3. The van der Waals surface area contributed by atoms with Crippen molar-refractivity contribution in [1.29, 1.82) is 0 Å². The molecule has 39 heavy (non-hydrogen) atoms. The average Bonchev–Trinajstić information content (AvgIpc) is 3.27. The standard InChI is InChI=1S/C32H39N3O3S/c1-3-5-12-23-39(37,38)34-31(36)22-21-29-32(28-19-13-17-26-16-10-11-18-27(26)28)33-30(20-6-4-2)35(29)24-25-14-8-7-9-15-25/h7-11,13-19H,3-6,12,20-24H2,1-2H3,(H,34,36). The molecule has 0 bridgehead atoms. The fraction of sp³-hybridized carbons (Fsp3) is 0.375. The minimum Gasteiger partial charge on any atom is -0.327 e. The molecule has 4 aromatic rings. The summed E-state index contributed by atoms with van der Waals surface area (Å²) in [5.74, 6) is 0.491. The highest BCUT2D eigenvalue weighted by molar-refractivity contribution is 7.90. The maximum absolute atomic E-state index is 12.9. The van der Waals surface area contributed by atoms with Gasteiger partial charge in [0.15, 0.2) is 0 Å². The quantitative estimate of drug-likeness (QED) is 0.180. The van der Waals surface area contributed by atoms with Gasteiger partial charge in [-0.25, -0.2) is 13.4 Å². The van der Waals surface area contributed by atoms with Crippen LogP contribution >= 0.6 is 0 Å². The van der Waals surface area contributed by atoms with E-state index < -0.39 is 15.9 Å². The summed E-state index contributed by atoms with van der Waals surface area (Å²) < 4.78 is 29.4. The van der Waals surface area contributed by atoms with Crippen LogP contribution in [0.25, 0.3) is 22.0 Å². The molecule has 0 saturated carbocycles. The normalized spacial score (nSPS) is 11.6. The van der Waals surface area contributed by atoms with Crippen LogP contribution in [0, 0.1) is 0 Å². The second-order valence-electron chi connectivity index (χ2n) is 10.1. The van der Waals surface area contributed by atoms with E-state index >= 15 is 0 Å². The summed E-state index contributed by atoms with van der Waals surface area (Å²) >= 11 is 0. The van der Waals surface area contributed by atoms with E-state index in [1.165, 1.54) is 0 Å². The van der Waals surface area contributed by atoms with Crippen LogP contribution in [-0.2, 0) is 34.2 Å². The lowest BCUT2D eigenvalue weighted by Crippen LogP contribution is -2.32. The number of nitrogens with zero attached hydrogens (tertiary/aromatic N) is 2. The molecular formula is C32H39N3O3S. The maximum Gasteiger partial charge on any atom is 0.234 e. The number of amides is 1. The van der Waals surface area contributed by atoms with Crippen molar-refractivity contribution in [3.63, 3.8) is 0 Å². The third kappa shape index (κ3) is 7.57. The Bertz CT molecular complexity index is 1490. The topological polar surface area (TPSA) is 81.1 Å². The van der Waals surface area contributed by atoms with E-state index in [-0.39, 0.29) is 12.2 Å². The Hall–Kier alpha value is -3.45. The van der Waals surface area contributed by atoms with Gasteiger partial charge < -0.3 is 4.57 Å². The number of imidazole rings is 1. The smallest absolute Gasteiger partial charge is 0.234 e. The molecule has 7 heteroatoms. The van der Waals surface area contributed by atoms with Crippen LogP contribution in [0.4, 0.5) is 0 Å². The van der Waals surface area contributed by atoms with Crippen molar-refractivity contribution in [3.05, 3.63) is 89.9 Å². The van der Waals surface area contributed by atoms with Gasteiger partial charge in [0, 0.05) is 30.6 Å². The molecule has 0 aliphatic carbocycles. The van der Waals surface area contributed by atoms with Gasteiger partial charge >= 0.3 is 0 Å². The lowest BCUT2D eigenvalue weighted by atomic mass is 10.00. The SMILES string of the molecule is CCCCCS(=O)(=O)NC(=O)CCc1c(-c2cccc3ccccc23)nc(CCCC)n1Cc1ccccc1. The average molecular weight is 546 g/mol. The van der Waals surface area contributed by atoms with E-state index in [4.69, 9.17) is 4.98 Å². The van der Waals surface area contributed by atoms with Crippen molar-refractivity contribution in [2.24, 2.45) is 0 Å². The Morgan fingerprint density at radius 3 is 2.33 bits per heavy atom. The summed E-state index contributed by atoms with van der Waals surface area (Å²) in [5.41, 5.74) is 4.01. The van der Waals surface area contributed by atoms with Crippen LogP contribution in [0.2, 0.25) is 0 Å². The largest absolute Gasteiger partial charge is 0.327 e. The number of aromatic nitrogens is 2. The van der Waals surface area contributed by atoms with E-state index in [9.17, 15) is 13.2 Å². The van der Waals surface area contributed by atoms with Crippen LogP contribution in [0.3, 0.4) is 0 Å². The van der Waals surface area contributed by atoms with Gasteiger partial charge in [-0.05, 0) is 35.6 Å². The highest BCUT2D eigenvalue weighted by Crippen LogP contribution is 2.33. The molecule has 1 aromatic heterocycles. The summed E-state index contributed by atoms with van der Waals surface area (Å²) in [4.78, 5) is 18.0. The van der Waals surface area contributed by atoms with Gasteiger partial charge in [0.25, 0.3) is 0 Å². The number of nitrogens with one attached hydrogen (secondary N) is 1. The van der Waals surface area contributed by atoms with Gasteiger partial charge in [0.05, 0.1) is 11.4 Å². The Balaban J connectivity index is 1.72. The fourth-order valence-corrected chi connectivity index (χ4v) is 6.10. The number of unbranched alkanes of at least 4 members (excludes halogenated alkanes) is 3. The number of hydrogen-bond acceptors (Lipinski definition) is 4. The number of carbonyl (C=O) groups excluding carboxylic acids is 1. The zero-order chi connectivity index (χ0) is 27.7. The first-order valence-electron chi connectivity index (χ1n) is 14.1. The number of fused-ring (bicyclic) bond motifs is 1. The molecule has 0 atom stereocenters. The fourth-order valence-electron chi connectivity index (χ4n) is 4.97. The highest BCUT2D eigenvalue weighted by atomic mass is 32.2. The molecule has 0 aliphatic rings. The van der Waals surface area contributed by atoms with Gasteiger partial charge in [-0.2, -0.15) is 0 Å².